The lowest BCUT2D eigenvalue weighted by Crippen LogP contribution is -2.24. The van der Waals surface area contributed by atoms with Crippen LogP contribution in [0.2, 0.25) is 0 Å². The Bertz CT molecular complexity index is 1130. The lowest BCUT2D eigenvalue weighted by Gasteiger charge is -2.14. The normalized spacial score (nSPS) is 14.2. The van der Waals surface area contributed by atoms with Gasteiger partial charge in [0.05, 0.1) is 22.6 Å². The zero-order valence-electron chi connectivity index (χ0n) is 15.5. The van der Waals surface area contributed by atoms with E-state index in [0.29, 0.717) is 17.0 Å². The quantitative estimate of drug-likeness (QED) is 0.503. The first-order chi connectivity index (χ1) is 14.0. The smallest absolute Gasteiger partial charge is 0.420 e. The van der Waals surface area contributed by atoms with Gasteiger partial charge in [0.2, 0.25) is 5.91 Å². The summed E-state index contributed by atoms with van der Waals surface area (Å²) >= 11 is 0. The predicted octanol–water partition coefficient (Wildman–Crippen LogP) is 3.46. The third-order valence-corrected chi connectivity index (χ3v) is 4.89. The highest BCUT2D eigenvalue weighted by Crippen LogP contribution is 2.26. The molecule has 9 heteroatoms. The highest BCUT2D eigenvalue weighted by molar-refractivity contribution is 5.91. The highest BCUT2D eigenvalue weighted by atomic mass is 16.6. The number of nitrogens with one attached hydrogen (secondary N) is 1. The van der Waals surface area contributed by atoms with Gasteiger partial charge in [0.25, 0.3) is 5.69 Å². The number of ether oxygens (including phenoxy) is 1. The fraction of sp³-hybridized carbons (Fsp3) is 0.300. The second kappa shape index (κ2) is 7.78. The molecule has 1 heterocycles. The van der Waals surface area contributed by atoms with Gasteiger partial charge in [-0.25, -0.2) is 4.79 Å². The van der Waals surface area contributed by atoms with Crippen molar-refractivity contribution in [3.63, 3.8) is 0 Å². The number of benzene rings is 2. The number of non-ortho nitro benzene ring substituents is 1. The van der Waals surface area contributed by atoms with Crippen molar-refractivity contribution in [3.05, 3.63) is 63.1 Å². The van der Waals surface area contributed by atoms with Crippen LogP contribution in [-0.4, -0.2) is 21.5 Å². The molecule has 1 aliphatic carbocycles. The van der Waals surface area contributed by atoms with Gasteiger partial charge in [-0.3, -0.25) is 19.5 Å². The molecular formula is C20H19N3O6. The van der Waals surface area contributed by atoms with Crippen molar-refractivity contribution in [3.8, 4) is 5.75 Å². The molecule has 0 atom stereocenters. The first-order valence-corrected chi connectivity index (χ1v) is 9.34. The molecule has 9 nitrogen and oxygen atoms in total. The number of amides is 1. The maximum absolute atomic E-state index is 12.4. The van der Waals surface area contributed by atoms with Crippen LogP contribution in [0.15, 0.2) is 51.7 Å². The van der Waals surface area contributed by atoms with E-state index < -0.39 is 16.6 Å². The van der Waals surface area contributed by atoms with Crippen molar-refractivity contribution in [2.45, 2.75) is 38.3 Å². The van der Waals surface area contributed by atoms with E-state index >= 15 is 0 Å². The number of hydrogen-bond donors (Lipinski definition) is 1. The van der Waals surface area contributed by atoms with Crippen LogP contribution in [0.25, 0.3) is 11.1 Å². The zero-order chi connectivity index (χ0) is 20.4. The topological polar surface area (TPSA) is 117 Å². The van der Waals surface area contributed by atoms with E-state index in [1.807, 2.05) is 6.07 Å². The molecule has 3 aromatic rings. The molecule has 150 valence electrons. The number of oxazole rings is 1. The Morgan fingerprint density at radius 1 is 1.24 bits per heavy atom. The Hall–Kier alpha value is -3.62. The van der Waals surface area contributed by atoms with Gasteiger partial charge in [-0.1, -0.05) is 6.07 Å². The van der Waals surface area contributed by atoms with Gasteiger partial charge in [0, 0.05) is 17.8 Å². The number of nitro benzene ring substituents is 1. The van der Waals surface area contributed by atoms with E-state index in [-0.39, 0.29) is 23.9 Å². The molecule has 1 N–H and O–H groups in total. The van der Waals surface area contributed by atoms with Gasteiger partial charge in [-0.15, -0.1) is 0 Å². The third-order valence-electron chi connectivity index (χ3n) is 4.89. The fourth-order valence-electron chi connectivity index (χ4n) is 3.51. The molecule has 2 aromatic carbocycles. The van der Waals surface area contributed by atoms with E-state index in [4.69, 9.17) is 9.15 Å². The molecule has 0 radical (unpaired) electrons. The average molecular weight is 397 g/mol. The molecule has 0 spiro atoms. The van der Waals surface area contributed by atoms with Crippen molar-refractivity contribution in [1.82, 2.24) is 4.57 Å². The maximum Gasteiger partial charge on any atom is 0.420 e. The molecule has 1 fully saturated rings. The number of anilines is 1. The summed E-state index contributed by atoms with van der Waals surface area (Å²) in [6.45, 7) is -0.280. The Morgan fingerprint density at radius 2 is 2.03 bits per heavy atom. The van der Waals surface area contributed by atoms with Crippen LogP contribution in [0.5, 0.6) is 5.75 Å². The van der Waals surface area contributed by atoms with Gasteiger partial charge in [-0.2, -0.15) is 0 Å². The number of nitrogens with zero attached hydrogens (tertiary/aromatic N) is 2. The molecule has 0 bridgehead atoms. The standard InChI is InChI=1S/C20H19N3O6/c24-19(21-13-4-3-7-16(10-13)28-15-5-1-2-6-15)12-22-17-9-8-14(23(26)27)11-18(17)29-20(22)25/h3-4,7-11,15H,1-2,5-6,12H2,(H,21,24). The van der Waals surface area contributed by atoms with Crippen LogP contribution in [-0.2, 0) is 11.3 Å². The molecule has 1 amide bonds. The zero-order valence-corrected chi connectivity index (χ0v) is 15.5. The molecule has 0 saturated heterocycles. The van der Waals surface area contributed by atoms with Gasteiger partial charge in [-0.05, 0) is 43.9 Å². The van der Waals surface area contributed by atoms with Gasteiger partial charge in [0.1, 0.15) is 12.3 Å². The summed E-state index contributed by atoms with van der Waals surface area (Å²) in [4.78, 5) is 34.8. The van der Waals surface area contributed by atoms with Crippen LogP contribution in [0.4, 0.5) is 11.4 Å². The van der Waals surface area contributed by atoms with E-state index in [1.165, 1.54) is 12.1 Å². The monoisotopic (exact) mass is 397 g/mol. The van der Waals surface area contributed by atoms with Crippen LogP contribution < -0.4 is 15.8 Å². The fourth-order valence-corrected chi connectivity index (χ4v) is 3.51. The van der Waals surface area contributed by atoms with E-state index in [2.05, 4.69) is 5.32 Å². The third kappa shape index (κ3) is 4.13. The minimum atomic E-state index is -0.756. The van der Waals surface area contributed by atoms with Crippen molar-refractivity contribution < 1.29 is 18.9 Å². The molecule has 0 aliphatic heterocycles. The molecule has 0 unspecified atom stereocenters. The maximum atomic E-state index is 12.4. The Morgan fingerprint density at radius 3 is 2.79 bits per heavy atom. The largest absolute Gasteiger partial charge is 0.490 e. The van der Waals surface area contributed by atoms with Gasteiger partial charge in [0.15, 0.2) is 5.58 Å². The summed E-state index contributed by atoms with van der Waals surface area (Å²) in [7, 11) is 0. The summed E-state index contributed by atoms with van der Waals surface area (Å²) in [5, 5.41) is 13.6. The van der Waals surface area contributed by atoms with Crippen molar-refractivity contribution in [2.24, 2.45) is 0 Å². The molecule has 1 aliphatic rings. The van der Waals surface area contributed by atoms with E-state index in [0.717, 1.165) is 36.3 Å². The van der Waals surface area contributed by atoms with Gasteiger partial charge >= 0.3 is 5.76 Å². The summed E-state index contributed by atoms with van der Waals surface area (Å²) in [6, 6.07) is 10.9. The first-order valence-electron chi connectivity index (χ1n) is 9.34. The minimum Gasteiger partial charge on any atom is -0.490 e. The van der Waals surface area contributed by atoms with Crippen LogP contribution in [0, 0.1) is 10.1 Å². The van der Waals surface area contributed by atoms with E-state index in [9.17, 15) is 19.7 Å². The average Bonchev–Trinajstić information content (AvgIpc) is 3.29. The van der Waals surface area contributed by atoms with Crippen LogP contribution >= 0.6 is 0 Å². The van der Waals surface area contributed by atoms with Crippen molar-refractivity contribution >= 4 is 28.4 Å². The Balaban J connectivity index is 1.48. The van der Waals surface area contributed by atoms with Crippen molar-refractivity contribution in [2.75, 3.05) is 5.32 Å². The summed E-state index contributed by atoms with van der Waals surface area (Å²) < 4.78 is 12.1. The number of fused-ring (bicyclic) bond motifs is 1. The second-order valence-corrected chi connectivity index (χ2v) is 6.96. The predicted molar refractivity (Wildman–Crippen MR) is 105 cm³/mol. The minimum absolute atomic E-state index is 0.0592. The molecule has 4 rings (SSSR count). The number of nitro groups is 1. The first kappa shape index (κ1) is 18.7. The van der Waals surface area contributed by atoms with E-state index in [1.54, 1.807) is 18.2 Å². The lowest BCUT2D eigenvalue weighted by atomic mass is 10.2. The van der Waals surface area contributed by atoms with Crippen molar-refractivity contribution in [1.29, 1.82) is 0 Å². The number of carbonyl (C=O) groups is 1. The summed E-state index contributed by atoms with van der Waals surface area (Å²) in [5.74, 6) is -0.493. The Kier molecular flexibility index (Phi) is 5.03. The summed E-state index contributed by atoms with van der Waals surface area (Å²) in [6.07, 6.45) is 4.60. The number of aromatic nitrogens is 1. The highest BCUT2D eigenvalue weighted by Gasteiger charge is 2.18. The van der Waals surface area contributed by atoms with Gasteiger partial charge < -0.3 is 14.5 Å². The second-order valence-electron chi connectivity index (χ2n) is 6.96. The van der Waals surface area contributed by atoms with Crippen LogP contribution in [0.3, 0.4) is 0 Å². The molecule has 1 saturated carbocycles. The van der Waals surface area contributed by atoms with Crippen LogP contribution in [0.1, 0.15) is 25.7 Å². The SMILES string of the molecule is O=C(Cn1c(=O)oc2cc([N+](=O)[O-])ccc21)Nc1cccc(OC2CCCC2)c1. The number of carbonyl (C=O) groups excluding carboxylic acids is 1. The molecule has 29 heavy (non-hydrogen) atoms. The number of hydrogen-bond acceptors (Lipinski definition) is 6. The summed E-state index contributed by atoms with van der Waals surface area (Å²) in [5.41, 5.74) is 0.738. The Labute approximate surface area is 165 Å². The molecule has 1 aromatic heterocycles. The number of rotatable bonds is 6. The lowest BCUT2D eigenvalue weighted by molar-refractivity contribution is -0.384. The molecular weight excluding hydrogens is 378 g/mol.